The summed E-state index contributed by atoms with van der Waals surface area (Å²) in [5, 5.41) is 13.4. The third-order valence-corrected chi connectivity index (χ3v) is 3.72. The number of hydrogen-bond acceptors (Lipinski definition) is 5. The Morgan fingerprint density at radius 1 is 1.43 bits per heavy atom. The van der Waals surface area contributed by atoms with E-state index in [1.807, 2.05) is 6.07 Å². The van der Waals surface area contributed by atoms with Crippen molar-refractivity contribution in [2.24, 2.45) is 0 Å². The largest absolute Gasteiger partial charge is 0.468 e. The molecule has 0 spiro atoms. The lowest BCUT2D eigenvalue weighted by Gasteiger charge is -2.07. The lowest BCUT2D eigenvalue weighted by molar-refractivity contribution is -0.384. The summed E-state index contributed by atoms with van der Waals surface area (Å²) in [7, 11) is 0. The molecular formula is C14H14N2O4S. The van der Waals surface area contributed by atoms with Crippen LogP contribution in [0.4, 0.5) is 11.4 Å². The molecule has 0 bridgehead atoms. The highest BCUT2D eigenvalue weighted by atomic mass is 32.2. The Balaban J connectivity index is 1.90. The molecule has 21 heavy (non-hydrogen) atoms. The Bertz CT molecular complexity index is 640. The maximum atomic E-state index is 11.8. The van der Waals surface area contributed by atoms with Crippen LogP contribution < -0.4 is 5.32 Å². The maximum Gasteiger partial charge on any atom is 0.271 e. The van der Waals surface area contributed by atoms with Gasteiger partial charge < -0.3 is 9.73 Å². The predicted molar refractivity (Wildman–Crippen MR) is 81.3 cm³/mol. The lowest BCUT2D eigenvalue weighted by Crippen LogP contribution is -2.15. The van der Waals surface area contributed by atoms with E-state index in [-0.39, 0.29) is 17.3 Å². The number of amides is 1. The van der Waals surface area contributed by atoms with Crippen LogP contribution in [-0.2, 0) is 10.5 Å². The average Bonchev–Trinajstić information content (AvgIpc) is 2.94. The zero-order valence-corrected chi connectivity index (χ0v) is 12.2. The van der Waals surface area contributed by atoms with Gasteiger partial charge in [0.15, 0.2) is 0 Å². The van der Waals surface area contributed by atoms with Gasteiger partial charge in [-0.2, -0.15) is 0 Å². The van der Waals surface area contributed by atoms with Crippen molar-refractivity contribution >= 4 is 29.0 Å². The van der Waals surface area contributed by atoms with Crippen molar-refractivity contribution in [3.63, 3.8) is 0 Å². The molecule has 0 unspecified atom stereocenters. The number of thioether (sulfide) groups is 1. The second-order valence-electron chi connectivity index (χ2n) is 4.38. The zero-order valence-electron chi connectivity index (χ0n) is 11.4. The topological polar surface area (TPSA) is 85.4 Å². The number of carbonyl (C=O) groups is 1. The van der Waals surface area contributed by atoms with Crippen LogP contribution in [0.2, 0.25) is 0 Å². The number of nitro benzene ring substituents is 1. The van der Waals surface area contributed by atoms with Crippen LogP contribution in [0.1, 0.15) is 11.3 Å². The van der Waals surface area contributed by atoms with Gasteiger partial charge >= 0.3 is 0 Å². The standard InChI is InChI=1S/C14H14N2O4S/c1-10-4-5-11(16(18)19)7-13(10)15-14(17)9-21-8-12-3-2-6-20-12/h2-7H,8-9H2,1H3,(H,15,17). The highest BCUT2D eigenvalue weighted by Gasteiger charge is 2.11. The highest BCUT2D eigenvalue weighted by molar-refractivity contribution is 7.99. The van der Waals surface area contributed by atoms with Crippen molar-refractivity contribution in [2.75, 3.05) is 11.1 Å². The molecule has 1 aromatic carbocycles. The number of anilines is 1. The molecule has 6 nitrogen and oxygen atoms in total. The summed E-state index contributed by atoms with van der Waals surface area (Å²) in [6.07, 6.45) is 1.59. The average molecular weight is 306 g/mol. The monoisotopic (exact) mass is 306 g/mol. The Morgan fingerprint density at radius 2 is 2.24 bits per heavy atom. The van der Waals surface area contributed by atoms with Crippen molar-refractivity contribution in [2.45, 2.75) is 12.7 Å². The van der Waals surface area contributed by atoms with Gasteiger partial charge in [-0.05, 0) is 24.6 Å². The SMILES string of the molecule is Cc1ccc([N+](=O)[O-])cc1NC(=O)CSCc1ccco1. The van der Waals surface area contributed by atoms with Gasteiger partial charge in [-0.15, -0.1) is 11.8 Å². The molecule has 0 aliphatic rings. The Kier molecular flexibility index (Phi) is 4.99. The first-order valence-corrected chi connectivity index (χ1v) is 7.37. The fraction of sp³-hybridized carbons (Fsp3) is 0.214. The van der Waals surface area contributed by atoms with Crippen LogP contribution in [0, 0.1) is 17.0 Å². The van der Waals surface area contributed by atoms with E-state index in [0.717, 1.165) is 11.3 Å². The lowest BCUT2D eigenvalue weighted by atomic mass is 10.2. The van der Waals surface area contributed by atoms with Crippen LogP contribution in [-0.4, -0.2) is 16.6 Å². The van der Waals surface area contributed by atoms with Gasteiger partial charge in [-0.25, -0.2) is 0 Å². The second-order valence-corrected chi connectivity index (χ2v) is 5.36. The number of hydrogen-bond donors (Lipinski definition) is 1. The first kappa shape index (κ1) is 15.1. The van der Waals surface area contributed by atoms with Crippen molar-refractivity contribution in [1.82, 2.24) is 0 Å². The molecule has 1 heterocycles. The summed E-state index contributed by atoms with van der Waals surface area (Å²) in [4.78, 5) is 22.1. The normalized spacial score (nSPS) is 10.3. The highest BCUT2D eigenvalue weighted by Crippen LogP contribution is 2.22. The molecule has 2 rings (SSSR count). The number of nitrogens with one attached hydrogen (secondary N) is 1. The second kappa shape index (κ2) is 6.94. The summed E-state index contributed by atoms with van der Waals surface area (Å²) < 4.78 is 5.17. The third kappa shape index (κ3) is 4.35. The van der Waals surface area contributed by atoms with E-state index in [0.29, 0.717) is 11.4 Å². The number of nitrogens with zero attached hydrogens (tertiary/aromatic N) is 1. The van der Waals surface area contributed by atoms with E-state index in [1.54, 1.807) is 25.3 Å². The molecular weight excluding hydrogens is 292 g/mol. The van der Waals surface area contributed by atoms with Gasteiger partial charge in [0.05, 0.1) is 28.4 Å². The Labute approximate surface area is 125 Å². The van der Waals surface area contributed by atoms with Crippen molar-refractivity contribution in [1.29, 1.82) is 0 Å². The number of non-ortho nitro benzene ring substituents is 1. The van der Waals surface area contributed by atoms with Crippen molar-refractivity contribution in [3.05, 3.63) is 58.0 Å². The number of aryl methyl sites for hydroxylation is 1. The van der Waals surface area contributed by atoms with Crippen LogP contribution in [0.5, 0.6) is 0 Å². The van der Waals surface area contributed by atoms with Crippen LogP contribution in [0.15, 0.2) is 41.0 Å². The molecule has 0 aliphatic heterocycles. The molecule has 0 radical (unpaired) electrons. The number of carbonyl (C=O) groups excluding carboxylic acids is 1. The van der Waals surface area contributed by atoms with E-state index >= 15 is 0 Å². The summed E-state index contributed by atoms with van der Waals surface area (Å²) >= 11 is 1.42. The predicted octanol–water partition coefficient (Wildman–Crippen LogP) is 3.37. The first-order valence-electron chi connectivity index (χ1n) is 6.21. The Hall–Kier alpha value is -2.28. The molecule has 0 atom stereocenters. The van der Waals surface area contributed by atoms with Gasteiger partial charge in [0, 0.05) is 12.1 Å². The fourth-order valence-electron chi connectivity index (χ4n) is 1.68. The van der Waals surface area contributed by atoms with Gasteiger partial charge in [-0.3, -0.25) is 14.9 Å². The van der Waals surface area contributed by atoms with Gasteiger partial charge in [0.2, 0.25) is 5.91 Å². The summed E-state index contributed by atoms with van der Waals surface area (Å²) in [5.74, 6) is 1.46. The smallest absolute Gasteiger partial charge is 0.271 e. The molecule has 7 heteroatoms. The molecule has 1 amide bonds. The number of benzene rings is 1. The van der Waals surface area contributed by atoms with E-state index in [2.05, 4.69) is 5.32 Å². The van der Waals surface area contributed by atoms with E-state index in [9.17, 15) is 14.9 Å². The summed E-state index contributed by atoms with van der Waals surface area (Å²) in [5.41, 5.74) is 1.21. The van der Waals surface area contributed by atoms with Gasteiger partial charge in [0.1, 0.15) is 5.76 Å². The van der Waals surface area contributed by atoms with Crippen molar-refractivity contribution in [3.8, 4) is 0 Å². The number of rotatable bonds is 6. The minimum atomic E-state index is -0.485. The van der Waals surface area contributed by atoms with Crippen LogP contribution >= 0.6 is 11.8 Å². The molecule has 110 valence electrons. The summed E-state index contributed by atoms with van der Waals surface area (Å²) in [6.45, 7) is 1.79. The molecule has 0 aliphatic carbocycles. The van der Waals surface area contributed by atoms with Gasteiger partial charge in [-0.1, -0.05) is 6.07 Å². The molecule has 1 aromatic heterocycles. The number of nitro groups is 1. The van der Waals surface area contributed by atoms with Crippen LogP contribution in [0.25, 0.3) is 0 Å². The van der Waals surface area contributed by atoms with Crippen molar-refractivity contribution < 1.29 is 14.1 Å². The molecule has 2 aromatic rings. The Morgan fingerprint density at radius 3 is 2.90 bits per heavy atom. The quantitative estimate of drug-likeness (QED) is 0.653. The molecule has 1 N–H and O–H groups in total. The van der Waals surface area contributed by atoms with Crippen LogP contribution in [0.3, 0.4) is 0 Å². The molecule has 0 fully saturated rings. The minimum Gasteiger partial charge on any atom is -0.468 e. The van der Waals surface area contributed by atoms with E-state index in [4.69, 9.17) is 4.42 Å². The maximum absolute atomic E-state index is 11.8. The minimum absolute atomic E-state index is 0.0425. The van der Waals surface area contributed by atoms with E-state index in [1.165, 1.54) is 23.9 Å². The van der Waals surface area contributed by atoms with Gasteiger partial charge in [0.25, 0.3) is 5.69 Å². The third-order valence-electron chi connectivity index (χ3n) is 2.76. The fourth-order valence-corrected chi connectivity index (χ4v) is 2.41. The summed E-state index contributed by atoms with van der Waals surface area (Å²) in [6, 6.07) is 8.03. The zero-order chi connectivity index (χ0) is 15.2. The molecule has 0 saturated heterocycles. The first-order chi connectivity index (χ1) is 10.1. The molecule has 0 saturated carbocycles. The number of furan rings is 1. The van der Waals surface area contributed by atoms with E-state index < -0.39 is 4.92 Å².